The molecule has 0 bridgehead atoms. The first-order chi connectivity index (χ1) is 14.0. The number of halogens is 2. The second kappa shape index (κ2) is 8.25. The highest BCUT2D eigenvalue weighted by molar-refractivity contribution is 5.56. The van der Waals surface area contributed by atoms with E-state index in [1.807, 2.05) is 6.07 Å². The van der Waals surface area contributed by atoms with Gasteiger partial charge in [0.05, 0.1) is 30.8 Å². The van der Waals surface area contributed by atoms with Gasteiger partial charge in [0.25, 0.3) is 12.0 Å². The summed E-state index contributed by atoms with van der Waals surface area (Å²) in [4.78, 5) is 22.6. The number of hydrogen-bond acceptors (Lipinski definition) is 6. The predicted octanol–water partition coefficient (Wildman–Crippen LogP) is 2.44. The summed E-state index contributed by atoms with van der Waals surface area (Å²) in [5.41, 5.74) is 1.57. The maximum absolute atomic E-state index is 12.7. The van der Waals surface area contributed by atoms with Crippen LogP contribution in [0.2, 0.25) is 0 Å². The molecule has 9 heteroatoms. The molecule has 0 saturated carbocycles. The van der Waals surface area contributed by atoms with E-state index in [2.05, 4.69) is 16.0 Å². The van der Waals surface area contributed by atoms with Crippen molar-refractivity contribution < 1.29 is 13.5 Å². The lowest BCUT2D eigenvalue weighted by Crippen LogP contribution is -2.37. The lowest BCUT2D eigenvalue weighted by atomic mass is 9.96. The molecule has 0 spiro atoms. The number of nitrogens with zero attached hydrogens (tertiary/aromatic N) is 5. The Morgan fingerprint density at radius 2 is 2.10 bits per heavy atom. The van der Waals surface area contributed by atoms with Crippen LogP contribution in [-0.2, 0) is 24.3 Å². The molecule has 0 aromatic carbocycles. The molecule has 2 aromatic rings. The van der Waals surface area contributed by atoms with Gasteiger partial charge in [0.1, 0.15) is 17.6 Å². The first kappa shape index (κ1) is 19.5. The molecule has 0 radical (unpaired) electrons. The minimum Gasteiger partial charge on any atom is -0.376 e. The summed E-state index contributed by atoms with van der Waals surface area (Å²) in [5, 5.41) is 9.53. The average molecular weight is 401 g/mol. The highest BCUT2D eigenvalue weighted by Crippen LogP contribution is 2.28. The van der Waals surface area contributed by atoms with Gasteiger partial charge in [-0.2, -0.15) is 5.26 Å². The van der Waals surface area contributed by atoms with Crippen molar-refractivity contribution in [3.8, 4) is 6.07 Å². The van der Waals surface area contributed by atoms with Crippen LogP contribution in [0.4, 0.5) is 14.6 Å². The maximum Gasteiger partial charge on any atom is 0.280 e. The Balaban J connectivity index is 1.44. The number of piperidine rings is 1. The van der Waals surface area contributed by atoms with Gasteiger partial charge in [-0.15, -0.1) is 0 Å². The van der Waals surface area contributed by atoms with Crippen molar-refractivity contribution in [2.75, 3.05) is 24.6 Å². The molecule has 29 heavy (non-hydrogen) atoms. The number of alkyl halides is 2. The van der Waals surface area contributed by atoms with Crippen LogP contribution in [0.5, 0.6) is 0 Å². The Bertz CT molecular complexity index is 993. The fourth-order valence-electron chi connectivity index (χ4n) is 3.90. The summed E-state index contributed by atoms with van der Waals surface area (Å²) < 4.78 is 32.2. The van der Waals surface area contributed by atoms with E-state index in [1.165, 1.54) is 10.9 Å². The molecule has 2 aliphatic heterocycles. The standard InChI is InChI=1S/C20H21F2N5O2/c21-19(22)17-8-18(28)27(12-24-17)10-13-1-4-26(5-2-13)20-14(9-23)7-15-11-29-6-3-16(15)25-20/h7-8,12-13,19H,1-6,10-11H2. The molecule has 1 saturated heterocycles. The Hall–Kier alpha value is -2.86. The van der Waals surface area contributed by atoms with Crippen LogP contribution in [0.1, 0.15) is 41.8 Å². The minimum absolute atomic E-state index is 0.236. The number of pyridine rings is 1. The van der Waals surface area contributed by atoms with Gasteiger partial charge < -0.3 is 9.64 Å². The van der Waals surface area contributed by atoms with Gasteiger partial charge in [0.15, 0.2) is 0 Å². The van der Waals surface area contributed by atoms with E-state index in [-0.39, 0.29) is 5.92 Å². The number of ether oxygens (including phenoxy) is 1. The van der Waals surface area contributed by atoms with Gasteiger partial charge in [-0.3, -0.25) is 9.36 Å². The van der Waals surface area contributed by atoms with Gasteiger partial charge in [-0.25, -0.2) is 18.7 Å². The van der Waals surface area contributed by atoms with Gasteiger partial charge in [-0.05, 0) is 24.8 Å². The van der Waals surface area contributed by atoms with Gasteiger partial charge in [0, 0.05) is 37.7 Å². The highest BCUT2D eigenvalue weighted by Gasteiger charge is 2.25. The summed E-state index contributed by atoms with van der Waals surface area (Å²) in [6.07, 6.45) is 0.836. The number of aromatic nitrogens is 3. The van der Waals surface area contributed by atoms with Crippen molar-refractivity contribution in [2.24, 2.45) is 5.92 Å². The van der Waals surface area contributed by atoms with Crippen LogP contribution in [0, 0.1) is 17.2 Å². The van der Waals surface area contributed by atoms with Crippen LogP contribution >= 0.6 is 0 Å². The summed E-state index contributed by atoms with van der Waals surface area (Å²) in [6, 6.07) is 5.02. The zero-order valence-corrected chi connectivity index (χ0v) is 15.9. The highest BCUT2D eigenvalue weighted by atomic mass is 19.3. The van der Waals surface area contributed by atoms with E-state index in [0.717, 1.165) is 49.7 Å². The van der Waals surface area contributed by atoms with Crippen molar-refractivity contribution in [2.45, 2.75) is 38.8 Å². The van der Waals surface area contributed by atoms with Gasteiger partial charge in [-0.1, -0.05) is 0 Å². The number of fused-ring (bicyclic) bond motifs is 1. The molecule has 0 amide bonds. The molecule has 0 atom stereocenters. The molecule has 7 nitrogen and oxygen atoms in total. The summed E-state index contributed by atoms with van der Waals surface area (Å²) in [6.45, 7) is 3.02. The van der Waals surface area contributed by atoms with Crippen LogP contribution < -0.4 is 10.5 Å². The fraction of sp³-hybridized carbons (Fsp3) is 0.500. The summed E-state index contributed by atoms with van der Waals surface area (Å²) >= 11 is 0. The first-order valence-electron chi connectivity index (χ1n) is 9.65. The lowest BCUT2D eigenvalue weighted by Gasteiger charge is -2.34. The SMILES string of the molecule is N#Cc1cc2c(nc1N1CCC(Cn3cnc(C(F)F)cc3=O)CC1)CCOC2. The largest absolute Gasteiger partial charge is 0.376 e. The summed E-state index contributed by atoms with van der Waals surface area (Å²) in [7, 11) is 0. The van der Waals surface area contributed by atoms with Crippen molar-refractivity contribution in [1.82, 2.24) is 14.5 Å². The van der Waals surface area contributed by atoms with Gasteiger partial charge in [0.2, 0.25) is 0 Å². The second-order valence-electron chi connectivity index (χ2n) is 7.42. The molecule has 4 rings (SSSR count). The molecule has 4 heterocycles. The number of nitriles is 1. The molecule has 0 unspecified atom stereocenters. The Labute approximate surface area is 166 Å². The molecular formula is C20H21F2N5O2. The van der Waals surface area contributed by atoms with Crippen molar-refractivity contribution in [3.63, 3.8) is 0 Å². The Morgan fingerprint density at radius 1 is 1.31 bits per heavy atom. The first-order valence-corrected chi connectivity index (χ1v) is 9.65. The number of rotatable bonds is 4. The zero-order valence-electron chi connectivity index (χ0n) is 15.9. The van der Waals surface area contributed by atoms with Crippen LogP contribution in [0.3, 0.4) is 0 Å². The monoisotopic (exact) mass is 401 g/mol. The quantitative estimate of drug-likeness (QED) is 0.783. The molecule has 0 aliphatic carbocycles. The van der Waals surface area contributed by atoms with Crippen molar-refractivity contribution in [1.29, 1.82) is 5.26 Å². The number of anilines is 1. The molecule has 1 fully saturated rings. The topological polar surface area (TPSA) is 84.0 Å². The molecule has 2 aliphatic rings. The van der Waals surface area contributed by atoms with Crippen molar-refractivity contribution >= 4 is 5.82 Å². The van der Waals surface area contributed by atoms with E-state index < -0.39 is 17.7 Å². The smallest absolute Gasteiger partial charge is 0.280 e. The lowest BCUT2D eigenvalue weighted by molar-refractivity contribution is 0.109. The third kappa shape index (κ3) is 4.12. The Kier molecular flexibility index (Phi) is 5.53. The van der Waals surface area contributed by atoms with Crippen LogP contribution in [-0.4, -0.2) is 34.2 Å². The zero-order chi connectivity index (χ0) is 20.4. The van der Waals surface area contributed by atoms with E-state index in [1.54, 1.807) is 0 Å². The van der Waals surface area contributed by atoms with Gasteiger partial charge >= 0.3 is 0 Å². The van der Waals surface area contributed by atoms with E-state index >= 15 is 0 Å². The van der Waals surface area contributed by atoms with E-state index in [4.69, 9.17) is 9.72 Å². The Morgan fingerprint density at radius 3 is 2.79 bits per heavy atom. The molecule has 152 valence electrons. The molecule has 2 aromatic heterocycles. The third-order valence-corrected chi connectivity index (χ3v) is 5.53. The molecular weight excluding hydrogens is 380 g/mol. The second-order valence-corrected chi connectivity index (χ2v) is 7.42. The minimum atomic E-state index is -2.74. The maximum atomic E-state index is 12.7. The normalized spacial score (nSPS) is 17.2. The molecule has 0 N–H and O–H groups in total. The van der Waals surface area contributed by atoms with E-state index in [0.29, 0.717) is 31.1 Å². The van der Waals surface area contributed by atoms with Crippen LogP contribution in [0.25, 0.3) is 0 Å². The summed E-state index contributed by atoms with van der Waals surface area (Å²) in [5.74, 6) is 0.950. The average Bonchev–Trinajstić information content (AvgIpc) is 2.74. The van der Waals surface area contributed by atoms with E-state index in [9.17, 15) is 18.8 Å². The number of hydrogen-bond donors (Lipinski definition) is 0. The van der Waals surface area contributed by atoms with Crippen molar-refractivity contribution in [3.05, 3.63) is 51.3 Å². The van der Waals surface area contributed by atoms with Crippen LogP contribution in [0.15, 0.2) is 23.3 Å². The third-order valence-electron chi connectivity index (χ3n) is 5.53. The predicted molar refractivity (Wildman–Crippen MR) is 101 cm³/mol. The fourth-order valence-corrected chi connectivity index (χ4v) is 3.90.